The standard InChI is InChI=1S/C26H43NO7/c1-15(2)22-12-11-18(5)26(32,34-22)23(29)24(30)27-13-9-8-10-21(27)25(31)33-20(7)17(4)14-16(3)19(6)28/h14-16,18-22,28,32H,8-13H2,1-7H3/b17-14+. The first-order valence-corrected chi connectivity index (χ1v) is 12.6. The monoisotopic (exact) mass is 481 g/mol. The SMILES string of the molecule is C/C(=C\C(C)C(C)O)C(C)OC(=O)C1CCCCN1C(=O)C(=O)C1(O)OC(C(C)C)CCC1C. The second-order valence-corrected chi connectivity index (χ2v) is 10.5. The summed E-state index contributed by atoms with van der Waals surface area (Å²) in [5.41, 5.74) is 0.796. The largest absolute Gasteiger partial charge is 0.457 e. The Labute approximate surface area is 203 Å². The normalized spacial score (nSPS) is 31.1. The first-order valence-electron chi connectivity index (χ1n) is 12.6. The minimum absolute atomic E-state index is 0.0916. The molecule has 0 aromatic rings. The highest BCUT2D eigenvalue weighted by atomic mass is 16.6. The molecule has 0 radical (unpaired) electrons. The van der Waals surface area contributed by atoms with Gasteiger partial charge in [-0.3, -0.25) is 9.59 Å². The number of likely N-dealkylation sites (tertiary alicyclic amines) is 1. The van der Waals surface area contributed by atoms with Crippen LogP contribution in [0, 0.1) is 17.8 Å². The van der Waals surface area contributed by atoms with Gasteiger partial charge in [0.2, 0.25) is 5.79 Å². The maximum absolute atomic E-state index is 13.3. The van der Waals surface area contributed by atoms with E-state index >= 15 is 0 Å². The van der Waals surface area contributed by atoms with Crippen molar-refractivity contribution in [1.29, 1.82) is 0 Å². The van der Waals surface area contributed by atoms with Crippen molar-refractivity contribution in [2.24, 2.45) is 17.8 Å². The third-order valence-corrected chi connectivity index (χ3v) is 7.40. The highest BCUT2D eigenvalue weighted by Crippen LogP contribution is 2.36. The first-order chi connectivity index (χ1) is 15.8. The molecule has 2 N–H and O–H groups in total. The van der Waals surface area contributed by atoms with Gasteiger partial charge in [-0.1, -0.05) is 33.8 Å². The molecule has 7 unspecified atom stereocenters. The fraction of sp³-hybridized carbons (Fsp3) is 0.808. The summed E-state index contributed by atoms with van der Waals surface area (Å²) in [5, 5.41) is 20.9. The number of rotatable bonds is 8. The van der Waals surface area contributed by atoms with Crippen LogP contribution in [0.25, 0.3) is 0 Å². The Kier molecular flexibility index (Phi) is 9.86. The summed E-state index contributed by atoms with van der Waals surface area (Å²) in [4.78, 5) is 40.8. The number of amides is 1. The van der Waals surface area contributed by atoms with Crippen molar-refractivity contribution >= 4 is 17.7 Å². The molecule has 0 aromatic heterocycles. The fourth-order valence-electron chi connectivity index (χ4n) is 4.50. The Morgan fingerprint density at radius 3 is 2.32 bits per heavy atom. The molecule has 8 nitrogen and oxygen atoms in total. The minimum atomic E-state index is -2.19. The van der Waals surface area contributed by atoms with Gasteiger partial charge < -0.3 is 24.6 Å². The van der Waals surface area contributed by atoms with Crippen LogP contribution in [0.4, 0.5) is 0 Å². The molecule has 0 aliphatic carbocycles. The number of hydrogen-bond donors (Lipinski definition) is 2. The lowest BCUT2D eigenvalue weighted by Crippen LogP contribution is -2.61. The number of esters is 1. The molecule has 2 heterocycles. The van der Waals surface area contributed by atoms with Gasteiger partial charge in [0.15, 0.2) is 0 Å². The Morgan fingerprint density at radius 1 is 1.09 bits per heavy atom. The zero-order valence-corrected chi connectivity index (χ0v) is 21.7. The van der Waals surface area contributed by atoms with E-state index in [1.54, 1.807) is 20.8 Å². The van der Waals surface area contributed by atoms with E-state index in [0.717, 1.165) is 12.0 Å². The quantitative estimate of drug-likeness (QED) is 0.311. The molecule has 0 spiro atoms. The molecule has 2 aliphatic rings. The molecular formula is C26H43NO7. The van der Waals surface area contributed by atoms with Crippen LogP contribution in [0.2, 0.25) is 0 Å². The fourth-order valence-corrected chi connectivity index (χ4v) is 4.50. The predicted octanol–water partition coefficient (Wildman–Crippen LogP) is 2.99. The summed E-state index contributed by atoms with van der Waals surface area (Å²) in [6.45, 7) is 13.0. The average Bonchev–Trinajstić information content (AvgIpc) is 2.79. The van der Waals surface area contributed by atoms with Gasteiger partial charge in [0, 0.05) is 18.4 Å². The zero-order valence-electron chi connectivity index (χ0n) is 21.7. The van der Waals surface area contributed by atoms with Gasteiger partial charge in [0.1, 0.15) is 12.1 Å². The van der Waals surface area contributed by atoms with Gasteiger partial charge in [-0.15, -0.1) is 0 Å². The number of Topliss-reactive ketones (excluding diaryl/α,β-unsaturated/α-hetero) is 1. The summed E-state index contributed by atoms with van der Waals surface area (Å²) < 4.78 is 11.4. The number of hydrogen-bond acceptors (Lipinski definition) is 7. The number of nitrogens with zero attached hydrogens (tertiary/aromatic N) is 1. The highest BCUT2D eigenvalue weighted by Gasteiger charge is 2.53. The molecule has 2 rings (SSSR count). The van der Waals surface area contributed by atoms with Gasteiger partial charge in [-0.2, -0.15) is 0 Å². The van der Waals surface area contributed by atoms with Crippen LogP contribution in [0.5, 0.6) is 0 Å². The van der Waals surface area contributed by atoms with Crippen LogP contribution in [0.1, 0.15) is 80.6 Å². The van der Waals surface area contributed by atoms with E-state index in [4.69, 9.17) is 9.47 Å². The van der Waals surface area contributed by atoms with E-state index in [0.29, 0.717) is 25.7 Å². The first kappa shape index (κ1) is 28.5. The number of piperidine rings is 1. The third-order valence-electron chi connectivity index (χ3n) is 7.40. The van der Waals surface area contributed by atoms with Crippen LogP contribution >= 0.6 is 0 Å². The molecule has 0 bridgehead atoms. The minimum Gasteiger partial charge on any atom is -0.457 e. The van der Waals surface area contributed by atoms with Crippen LogP contribution in [0.3, 0.4) is 0 Å². The van der Waals surface area contributed by atoms with E-state index in [1.165, 1.54) is 4.90 Å². The smallest absolute Gasteiger partial charge is 0.329 e. The van der Waals surface area contributed by atoms with Gasteiger partial charge in [-0.05, 0) is 64.4 Å². The number of ether oxygens (including phenoxy) is 2. The predicted molar refractivity (Wildman–Crippen MR) is 128 cm³/mol. The van der Waals surface area contributed by atoms with Crippen LogP contribution in [0.15, 0.2) is 11.6 Å². The van der Waals surface area contributed by atoms with Gasteiger partial charge in [0.25, 0.3) is 11.7 Å². The third kappa shape index (κ3) is 6.46. The molecule has 1 amide bonds. The van der Waals surface area contributed by atoms with Gasteiger partial charge >= 0.3 is 5.97 Å². The van der Waals surface area contributed by atoms with Crippen molar-refractivity contribution in [2.75, 3.05) is 6.54 Å². The number of carbonyl (C=O) groups excluding carboxylic acids is 3. The number of ketones is 1. The average molecular weight is 482 g/mol. The highest BCUT2D eigenvalue weighted by molar-refractivity contribution is 6.39. The van der Waals surface area contributed by atoms with Crippen molar-refractivity contribution in [3.8, 4) is 0 Å². The number of aliphatic hydroxyl groups excluding tert-OH is 1. The topological polar surface area (TPSA) is 113 Å². The molecule has 2 aliphatic heterocycles. The summed E-state index contributed by atoms with van der Waals surface area (Å²) in [7, 11) is 0. The Balaban J connectivity index is 2.16. The van der Waals surface area contributed by atoms with E-state index in [-0.39, 0.29) is 24.5 Å². The molecule has 34 heavy (non-hydrogen) atoms. The van der Waals surface area contributed by atoms with Crippen LogP contribution < -0.4 is 0 Å². The van der Waals surface area contributed by atoms with Crippen molar-refractivity contribution in [3.63, 3.8) is 0 Å². The number of carbonyl (C=O) groups is 3. The van der Waals surface area contributed by atoms with Crippen LogP contribution in [-0.2, 0) is 23.9 Å². The summed E-state index contributed by atoms with van der Waals surface area (Å²) in [6, 6.07) is -0.891. The summed E-state index contributed by atoms with van der Waals surface area (Å²) >= 11 is 0. The zero-order chi connectivity index (χ0) is 25.8. The summed E-state index contributed by atoms with van der Waals surface area (Å²) in [6.07, 6.45) is 3.53. The van der Waals surface area contributed by atoms with Crippen molar-refractivity contribution in [2.45, 2.75) is 111 Å². The van der Waals surface area contributed by atoms with E-state index in [1.807, 2.05) is 33.8 Å². The molecular weight excluding hydrogens is 438 g/mol. The van der Waals surface area contributed by atoms with E-state index in [9.17, 15) is 24.6 Å². The maximum Gasteiger partial charge on any atom is 0.329 e. The molecule has 0 saturated carbocycles. The maximum atomic E-state index is 13.3. The Morgan fingerprint density at radius 2 is 1.74 bits per heavy atom. The molecule has 0 aromatic carbocycles. The second-order valence-electron chi connectivity index (χ2n) is 10.5. The van der Waals surface area contributed by atoms with Crippen LogP contribution in [-0.4, -0.2) is 69.5 Å². The van der Waals surface area contributed by atoms with Gasteiger partial charge in [-0.25, -0.2) is 4.79 Å². The lowest BCUT2D eigenvalue weighted by atomic mass is 9.84. The molecule has 2 saturated heterocycles. The lowest BCUT2D eigenvalue weighted by Gasteiger charge is -2.43. The van der Waals surface area contributed by atoms with Crippen molar-refractivity contribution in [1.82, 2.24) is 4.90 Å². The van der Waals surface area contributed by atoms with Crippen molar-refractivity contribution < 1.29 is 34.1 Å². The van der Waals surface area contributed by atoms with Gasteiger partial charge in [0.05, 0.1) is 12.2 Å². The lowest BCUT2D eigenvalue weighted by molar-refractivity contribution is -0.269. The molecule has 194 valence electrons. The molecule has 8 heteroatoms. The van der Waals surface area contributed by atoms with Crippen molar-refractivity contribution in [3.05, 3.63) is 11.6 Å². The summed E-state index contributed by atoms with van der Waals surface area (Å²) in [5.74, 6) is -5.22. The second kappa shape index (κ2) is 11.8. The number of aliphatic hydroxyl groups is 2. The molecule has 2 fully saturated rings. The Bertz CT molecular complexity index is 777. The Hall–Kier alpha value is -1.77. The molecule has 7 atom stereocenters. The van der Waals surface area contributed by atoms with E-state index < -0.39 is 47.6 Å². The van der Waals surface area contributed by atoms with E-state index in [2.05, 4.69) is 0 Å².